The van der Waals surface area contributed by atoms with E-state index in [-0.39, 0.29) is 5.75 Å². The van der Waals surface area contributed by atoms with Gasteiger partial charge in [-0.15, -0.1) is 0 Å². The van der Waals surface area contributed by atoms with Crippen molar-refractivity contribution in [3.8, 4) is 28.0 Å². The Morgan fingerprint density at radius 2 is 1.50 bits per heavy atom. The highest BCUT2D eigenvalue weighted by atomic mass is 19.3. The van der Waals surface area contributed by atoms with Crippen molar-refractivity contribution in [2.45, 2.75) is 32.8 Å². The topological polar surface area (TPSA) is 9.23 Å². The van der Waals surface area contributed by atoms with Crippen molar-refractivity contribution in [1.82, 2.24) is 0 Å². The smallest absolute Gasteiger partial charge is 0.387 e. The highest BCUT2D eigenvalue weighted by Crippen LogP contribution is 2.34. The Labute approximate surface area is 153 Å². The molecule has 0 spiro atoms. The second-order valence-electron chi connectivity index (χ2n) is 6.25. The minimum atomic E-state index is -2.81. The second kappa shape index (κ2) is 8.61. The summed E-state index contributed by atoms with van der Waals surface area (Å²) in [4.78, 5) is 0. The first-order valence-electron chi connectivity index (χ1n) is 8.91. The maximum atomic E-state index is 12.4. The Hall–Kier alpha value is -2.68. The molecule has 0 aromatic heterocycles. The normalized spacial score (nSPS) is 10.9. The number of alkyl halides is 2. The van der Waals surface area contributed by atoms with Gasteiger partial charge in [0.2, 0.25) is 0 Å². The summed E-state index contributed by atoms with van der Waals surface area (Å²) in [6, 6.07) is 23.6. The first-order chi connectivity index (χ1) is 12.7. The number of ether oxygens (including phenoxy) is 1. The fourth-order valence-electron chi connectivity index (χ4n) is 3.05. The summed E-state index contributed by atoms with van der Waals surface area (Å²) < 4.78 is 29.2. The Kier molecular flexibility index (Phi) is 6.00. The highest BCUT2D eigenvalue weighted by Gasteiger charge is 2.10. The lowest BCUT2D eigenvalue weighted by Gasteiger charge is -2.13. The molecule has 0 N–H and O–H groups in total. The van der Waals surface area contributed by atoms with E-state index in [2.05, 4.69) is 42.0 Å². The van der Waals surface area contributed by atoms with E-state index in [1.54, 1.807) is 12.1 Å². The zero-order chi connectivity index (χ0) is 18.4. The van der Waals surface area contributed by atoms with Crippen molar-refractivity contribution >= 4 is 0 Å². The second-order valence-corrected chi connectivity index (χ2v) is 6.25. The Morgan fingerprint density at radius 1 is 0.808 bits per heavy atom. The number of benzene rings is 3. The van der Waals surface area contributed by atoms with Gasteiger partial charge >= 0.3 is 6.61 Å². The van der Waals surface area contributed by atoms with Crippen molar-refractivity contribution in [2.24, 2.45) is 0 Å². The number of rotatable bonds is 7. The standard InChI is InChI=1S/C23H22F2O/c1-2-3-7-17-10-15-21(22(16-17)18-8-5-4-6-9-18)19-11-13-20(14-12-19)26-23(24)25/h4-6,8-16,23H,2-3,7H2,1H3. The van der Waals surface area contributed by atoms with Gasteiger partial charge in [0.15, 0.2) is 0 Å². The van der Waals surface area contributed by atoms with E-state index in [4.69, 9.17) is 0 Å². The number of aryl methyl sites for hydroxylation is 1. The summed E-state index contributed by atoms with van der Waals surface area (Å²) in [6.45, 7) is -0.617. The van der Waals surface area contributed by atoms with Gasteiger partial charge in [-0.1, -0.05) is 74.0 Å². The molecule has 1 nitrogen and oxygen atoms in total. The molecule has 0 heterocycles. The van der Waals surface area contributed by atoms with Crippen molar-refractivity contribution in [1.29, 1.82) is 0 Å². The molecule has 0 fully saturated rings. The SMILES string of the molecule is CCCCc1ccc(-c2ccc(OC(F)F)cc2)c(-c2ccccc2)c1. The van der Waals surface area contributed by atoms with Crippen LogP contribution in [0.4, 0.5) is 8.78 Å². The van der Waals surface area contributed by atoms with Gasteiger partial charge in [-0.05, 0) is 52.8 Å². The molecule has 0 bridgehead atoms. The molecule has 0 aliphatic carbocycles. The fourth-order valence-corrected chi connectivity index (χ4v) is 3.05. The summed E-state index contributed by atoms with van der Waals surface area (Å²) in [5.41, 5.74) is 5.68. The molecule has 0 saturated heterocycles. The first-order valence-corrected chi connectivity index (χ1v) is 8.91. The van der Waals surface area contributed by atoms with Crippen LogP contribution in [0.15, 0.2) is 72.8 Å². The van der Waals surface area contributed by atoms with Crippen LogP contribution in [-0.4, -0.2) is 6.61 Å². The van der Waals surface area contributed by atoms with Crippen LogP contribution in [0.3, 0.4) is 0 Å². The van der Waals surface area contributed by atoms with Crippen LogP contribution in [0.2, 0.25) is 0 Å². The van der Waals surface area contributed by atoms with E-state index in [1.807, 2.05) is 30.3 Å². The number of unbranched alkanes of at least 4 members (excludes halogenated alkanes) is 1. The predicted molar refractivity (Wildman–Crippen MR) is 103 cm³/mol. The third kappa shape index (κ3) is 4.48. The van der Waals surface area contributed by atoms with E-state index in [9.17, 15) is 8.78 Å². The van der Waals surface area contributed by atoms with Crippen LogP contribution in [0.25, 0.3) is 22.3 Å². The number of hydrogen-bond donors (Lipinski definition) is 0. The molecule has 3 rings (SSSR count). The molecule has 0 radical (unpaired) electrons. The van der Waals surface area contributed by atoms with Crippen LogP contribution < -0.4 is 4.74 Å². The lowest BCUT2D eigenvalue weighted by molar-refractivity contribution is -0.0498. The molecule has 3 aromatic rings. The largest absolute Gasteiger partial charge is 0.435 e. The van der Waals surface area contributed by atoms with E-state index in [1.165, 1.54) is 5.56 Å². The Bertz CT molecular complexity index is 827. The van der Waals surface area contributed by atoms with E-state index in [0.29, 0.717) is 0 Å². The maximum Gasteiger partial charge on any atom is 0.387 e. The van der Waals surface area contributed by atoms with Gasteiger partial charge in [-0.3, -0.25) is 0 Å². The molecule has 0 amide bonds. The van der Waals surface area contributed by atoms with Gasteiger partial charge in [0, 0.05) is 0 Å². The maximum absolute atomic E-state index is 12.4. The van der Waals surface area contributed by atoms with Gasteiger partial charge < -0.3 is 4.74 Å². The molecular weight excluding hydrogens is 330 g/mol. The third-order valence-electron chi connectivity index (χ3n) is 4.38. The Morgan fingerprint density at radius 3 is 2.15 bits per heavy atom. The predicted octanol–water partition coefficient (Wildman–Crippen LogP) is 6.96. The van der Waals surface area contributed by atoms with Crippen LogP contribution in [0, 0.1) is 0 Å². The average Bonchev–Trinajstić information content (AvgIpc) is 2.67. The van der Waals surface area contributed by atoms with Crippen molar-refractivity contribution in [3.05, 3.63) is 78.4 Å². The fraction of sp³-hybridized carbons (Fsp3) is 0.217. The van der Waals surface area contributed by atoms with Crippen molar-refractivity contribution in [3.63, 3.8) is 0 Å². The van der Waals surface area contributed by atoms with Gasteiger partial charge in [0.05, 0.1) is 0 Å². The van der Waals surface area contributed by atoms with Gasteiger partial charge in [-0.25, -0.2) is 0 Å². The monoisotopic (exact) mass is 352 g/mol. The average molecular weight is 352 g/mol. The molecule has 3 aromatic carbocycles. The zero-order valence-electron chi connectivity index (χ0n) is 14.8. The summed E-state index contributed by atoms with van der Waals surface area (Å²) >= 11 is 0. The van der Waals surface area contributed by atoms with Crippen LogP contribution in [-0.2, 0) is 6.42 Å². The summed E-state index contributed by atoms with van der Waals surface area (Å²) in [5, 5.41) is 0. The third-order valence-corrected chi connectivity index (χ3v) is 4.38. The molecule has 3 heteroatoms. The van der Waals surface area contributed by atoms with Crippen LogP contribution >= 0.6 is 0 Å². The lowest BCUT2D eigenvalue weighted by Crippen LogP contribution is -2.01. The summed E-state index contributed by atoms with van der Waals surface area (Å²) in [5.74, 6) is 0.171. The summed E-state index contributed by atoms with van der Waals surface area (Å²) in [6.07, 6.45) is 3.37. The van der Waals surface area contributed by atoms with Crippen molar-refractivity contribution in [2.75, 3.05) is 0 Å². The minimum Gasteiger partial charge on any atom is -0.435 e. The first kappa shape index (κ1) is 18.1. The van der Waals surface area contributed by atoms with Crippen LogP contribution in [0.1, 0.15) is 25.3 Å². The van der Waals surface area contributed by atoms with E-state index < -0.39 is 6.61 Å². The molecule has 0 aliphatic heterocycles. The van der Waals surface area contributed by atoms with Gasteiger partial charge in [0.1, 0.15) is 5.75 Å². The highest BCUT2D eigenvalue weighted by molar-refractivity contribution is 5.84. The molecular formula is C23H22F2O. The molecule has 0 saturated carbocycles. The molecule has 134 valence electrons. The lowest BCUT2D eigenvalue weighted by atomic mass is 9.91. The molecule has 0 aliphatic rings. The van der Waals surface area contributed by atoms with Gasteiger partial charge in [-0.2, -0.15) is 8.78 Å². The number of halogens is 2. The van der Waals surface area contributed by atoms with Gasteiger partial charge in [0.25, 0.3) is 0 Å². The van der Waals surface area contributed by atoms with E-state index in [0.717, 1.165) is 41.5 Å². The van der Waals surface area contributed by atoms with Crippen LogP contribution in [0.5, 0.6) is 5.75 Å². The van der Waals surface area contributed by atoms with Crippen molar-refractivity contribution < 1.29 is 13.5 Å². The minimum absolute atomic E-state index is 0.171. The molecule has 0 atom stereocenters. The summed E-state index contributed by atoms with van der Waals surface area (Å²) in [7, 11) is 0. The van der Waals surface area contributed by atoms with E-state index >= 15 is 0 Å². The zero-order valence-corrected chi connectivity index (χ0v) is 14.8. The molecule has 0 unspecified atom stereocenters. The quantitative estimate of drug-likeness (QED) is 0.446. The molecule has 26 heavy (non-hydrogen) atoms. The Balaban J connectivity index is 2.00. The number of hydrogen-bond acceptors (Lipinski definition) is 1.